The van der Waals surface area contributed by atoms with Crippen LogP contribution in [0.25, 0.3) is 0 Å². The highest BCUT2D eigenvalue weighted by atomic mass is 79.9. The van der Waals surface area contributed by atoms with Crippen molar-refractivity contribution in [3.8, 4) is 0 Å². The first-order chi connectivity index (χ1) is 8.66. The van der Waals surface area contributed by atoms with Gasteiger partial charge in [0.05, 0.1) is 5.56 Å². The van der Waals surface area contributed by atoms with Crippen molar-refractivity contribution in [2.75, 3.05) is 11.9 Å². The van der Waals surface area contributed by atoms with Gasteiger partial charge in [-0.05, 0) is 18.2 Å². The fraction of sp³-hybridized carbons (Fsp3) is 0.182. The molecule has 1 aromatic heterocycles. The zero-order chi connectivity index (χ0) is 13.0. The zero-order valence-electron chi connectivity index (χ0n) is 9.26. The number of benzene rings is 1. The van der Waals surface area contributed by atoms with Gasteiger partial charge < -0.3 is 14.9 Å². The molecular weight excluding hydrogens is 302 g/mol. The standard InChI is InChI=1S/C11H10BrN3O3/c12-7-1-2-9(8(5-7)11(16)17)13-4-3-10-14-6-18-15-10/h1-2,5-6,13H,3-4H2,(H,16,17). The topological polar surface area (TPSA) is 88.2 Å². The minimum absolute atomic E-state index is 0.220. The molecule has 0 bridgehead atoms. The van der Waals surface area contributed by atoms with Gasteiger partial charge in [-0.1, -0.05) is 21.1 Å². The van der Waals surface area contributed by atoms with Gasteiger partial charge in [0.2, 0.25) is 6.39 Å². The van der Waals surface area contributed by atoms with E-state index < -0.39 is 5.97 Å². The van der Waals surface area contributed by atoms with Crippen molar-refractivity contribution in [3.05, 3.63) is 40.5 Å². The average Bonchev–Trinajstić information content (AvgIpc) is 2.84. The lowest BCUT2D eigenvalue weighted by Gasteiger charge is -2.08. The lowest BCUT2D eigenvalue weighted by Crippen LogP contribution is -2.10. The van der Waals surface area contributed by atoms with E-state index in [2.05, 4.69) is 35.9 Å². The van der Waals surface area contributed by atoms with E-state index in [1.54, 1.807) is 18.2 Å². The monoisotopic (exact) mass is 311 g/mol. The normalized spacial score (nSPS) is 10.3. The fourth-order valence-corrected chi connectivity index (χ4v) is 1.82. The van der Waals surface area contributed by atoms with Gasteiger partial charge in [-0.3, -0.25) is 0 Å². The quantitative estimate of drug-likeness (QED) is 0.880. The van der Waals surface area contributed by atoms with Crippen LogP contribution in [0.15, 0.2) is 33.6 Å². The summed E-state index contributed by atoms with van der Waals surface area (Å²) in [6.07, 6.45) is 1.82. The molecular formula is C11H10BrN3O3. The Kier molecular flexibility index (Phi) is 3.93. The molecule has 0 fully saturated rings. The molecule has 94 valence electrons. The van der Waals surface area contributed by atoms with E-state index in [4.69, 9.17) is 5.11 Å². The molecule has 0 saturated heterocycles. The predicted molar refractivity (Wildman–Crippen MR) is 67.6 cm³/mol. The Bertz CT molecular complexity index is 542. The maximum absolute atomic E-state index is 11.1. The van der Waals surface area contributed by atoms with Crippen molar-refractivity contribution in [1.29, 1.82) is 0 Å². The van der Waals surface area contributed by atoms with E-state index in [1.807, 2.05) is 0 Å². The number of aromatic carboxylic acids is 1. The van der Waals surface area contributed by atoms with Crippen molar-refractivity contribution < 1.29 is 14.4 Å². The van der Waals surface area contributed by atoms with Gasteiger partial charge in [0, 0.05) is 23.1 Å². The Labute approximate surface area is 111 Å². The number of hydrogen-bond acceptors (Lipinski definition) is 5. The second-order valence-electron chi connectivity index (χ2n) is 3.52. The molecule has 0 spiro atoms. The maximum Gasteiger partial charge on any atom is 0.337 e. The lowest BCUT2D eigenvalue weighted by atomic mass is 10.2. The van der Waals surface area contributed by atoms with Crippen LogP contribution < -0.4 is 5.32 Å². The van der Waals surface area contributed by atoms with Crippen LogP contribution in [0.5, 0.6) is 0 Å². The molecule has 0 atom stereocenters. The van der Waals surface area contributed by atoms with Crippen LogP contribution in [0.1, 0.15) is 16.2 Å². The van der Waals surface area contributed by atoms with Crippen molar-refractivity contribution in [3.63, 3.8) is 0 Å². The predicted octanol–water partition coefficient (Wildman–Crippen LogP) is 2.18. The molecule has 2 rings (SSSR count). The third-order valence-corrected chi connectivity index (χ3v) is 2.78. The van der Waals surface area contributed by atoms with Crippen LogP contribution >= 0.6 is 15.9 Å². The highest BCUT2D eigenvalue weighted by Crippen LogP contribution is 2.21. The van der Waals surface area contributed by atoms with Crippen LogP contribution in [-0.2, 0) is 6.42 Å². The molecule has 0 unspecified atom stereocenters. The van der Waals surface area contributed by atoms with E-state index in [9.17, 15) is 4.79 Å². The van der Waals surface area contributed by atoms with E-state index in [0.717, 1.165) is 4.47 Å². The van der Waals surface area contributed by atoms with Gasteiger partial charge in [-0.15, -0.1) is 0 Å². The SMILES string of the molecule is O=C(O)c1cc(Br)ccc1NCCc1ncon1. The number of rotatable bonds is 5. The lowest BCUT2D eigenvalue weighted by molar-refractivity contribution is 0.0698. The van der Waals surface area contributed by atoms with Crippen LogP contribution in [0.2, 0.25) is 0 Å². The molecule has 1 heterocycles. The van der Waals surface area contributed by atoms with Crippen molar-refractivity contribution in [1.82, 2.24) is 10.1 Å². The number of carbonyl (C=O) groups is 1. The summed E-state index contributed by atoms with van der Waals surface area (Å²) < 4.78 is 5.33. The first-order valence-electron chi connectivity index (χ1n) is 5.19. The number of carboxylic acids is 1. The number of anilines is 1. The number of carboxylic acid groups (broad SMARTS) is 1. The number of halogens is 1. The maximum atomic E-state index is 11.1. The Morgan fingerprint density at radius 2 is 2.33 bits per heavy atom. The Balaban J connectivity index is 2.02. The molecule has 18 heavy (non-hydrogen) atoms. The zero-order valence-corrected chi connectivity index (χ0v) is 10.8. The molecule has 2 aromatic rings. The van der Waals surface area contributed by atoms with Crippen LogP contribution in [0.4, 0.5) is 5.69 Å². The number of aromatic nitrogens is 2. The molecule has 0 aliphatic heterocycles. The second-order valence-corrected chi connectivity index (χ2v) is 4.43. The summed E-state index contributed by atoms with van der Waals surface area (Å²) >= 11 is 3.24. The van der Waals surface area contributed by atoms with Gasteiger partial charge in [0.25, 0.3) is 0 Å². The van der Waals surface area contributed by atoms with E-state index in [1.165, 1.54) is 6.39 Å². The summed E-state index contributed by atoms with van der Waals surface area (Å²) in [6, 6.07) is 5.05. The molecule has 0 aliphatic rings. The van der Waals surface area contributed by atoms with Crippen LogP contribution in [0, 0.1) is 0 Å². The van der Waals surface area contributed by atoms with Gasteiger partial charge >= 0.3 is 5.97 Å². The number of hydrogen-bond donors (Lipinski definition) is 2. The molecule has 0 radical (unpaired) electrons. The largest absolute Gasteiger partial charge is 0.478 e. The number of nitrogens with zero attached hydrogens (tertiary/aromatic N) is 2. The summed E-state index contributed by atoms with van der Waals surface area (Å²) in [6.45, 7) is 0.529. The van der Waals surface area contributed by atoms with Crippen LogP contribution in [-0.4, -0.2) is 27.8 Å². The van der Waals surface area contributed by atoms with Gasteiger partial charge in [-0.2, -0.15) is 4.98 Å². The van der Waals surface area contributed by atoms with Gasteiger partial charge in [0.15, 0.2) is 5.82 Å². The third-order valence-electron chi connectivity index (χ3n) is 2.28. The highest BCUT2D eigenvalue weighted by molar-refractivity contribution is 9.10. The summed E-state index contributed by atoms with van der Waals surface area (Å²) in [5, 5.41) is 15.8. The smallest absolute Gasteiger partial charge is 0.337 e. The fourth-order valence-electron chi connectivity index (χ4n) is 1.46. The van der Waals surface area contributed by atoms with E-state index in [0.29, 0.717) is 24.5 Å². The van der Waals surface area contributed by atoms with E-state index >= 15 is 0 Å². The summed E-state index contributed by atoms with van der Waals surface area (Å²) in [5.41, 5.74) is 0.784. The first kappa shape index (κ1) is 12.6. The molecule has 0 aliphatic carbocycles. The molecule has 1 aromatic carbocycles. The van der Waals surface area contributed by atoms with Gasteiger partial charge in [0.1, 0.15) is 0 Å². The number of nitrogens with one attached hydrogen (secondary N) is 1. The van der Waals surface area contributed by atoms with Crippen molar-refractivity contribution in [2.24, 2.45) is 0 Å². The Morgan fingerprint density at radius 3 is 3.00 bits per heavy atom. The highest BCUT2D eigenvalue weighted by Gasteiger charge is 2.10. The van der Waals surface area contributed by atoms with E-state index in [-0.39, 0.29) is 5.56 Å². The van der Waals surface area contributed by atoms with Crippen molar-refractivity contribution in [2.45, 2.75) is 6.42 Å². The summed E-state index contributed by atoms with van der Waals surface area (Å²) in [5.74, 6) is -0.394. The molecule has 6 nitrogen and oxygen atoms in total. The summed E-state index contributed by atoms with van der Waals surface area (Å²) in [4.78, 5) is 14.9. The molecule has 0 amide bonds. The van der Waals surface area contributed by atoms with Gasteiger partial charge in [-0.25, -0.2) is 4.79 Å². The Hall–Kier alpha value is -1.89. The average molecular weight is 312 g/mol. The first-order valence-corrected chi connectivity index (χ1v) is 5.98. The minimum atomic E-state index is -0.974. The van der Waals surface area contributed by atoms with Crippen molar-refractivity contribution >= 4 is 27.6 Å². The third kappa shape index (κ3) is 3.07. The van der Waals surface area contributed by atoms with Crippen LogP contribution in [0.3, 0.4) is 0 Å². The molecule has 2 N–H and O–H groups in total. The summed E-state index contributed by atoms with van der Waals surface area (Å²) in [7, 11) is 0. The minimum Gasteiger partial charge on any atom is -0.478 e. The second kappa shape index (κ2) is 5.63. The molecule has 0 saturated carbocycles. The Morgan fingerprint density at radius 1 is 1.50 bits per heavy atom. The molecule has 7 heteroatoms.